The molecule has 2 fully saturated rings. The molecule has 8 heteroatoms. The van der Waals surface area contributed by atoms with Gasteiger partial charge in [-0.15, -0.1) is 0 Å². The highest BCUT2D eigenvalue weighted by Gasteiger charge is 2.30. The Morgan fingerprint density at radius 1 is 1.03 bits per heavy atom. The molecule has 4 aromatic rings. The number of pyridine rings is 1. The number of carbonyl (C=O) groups is 1. The molecule has 2 aliphatic carbocycles. The molecule has 0 N–H and O–H groups in total. The van der Waals surface area contributed by atoms with Gasteiger partial charge in [0.1, 0.15) is 0 Å². The van der Waals surface area contributed by atoms with Crippen molar-refractivity contribution < 1.29 is 9.53 Å². The number of imidazole rings is 1. The van der Waals surface area contributed by atoms with Crippen molar-refractivity contribution >= 4 is 49.7 Å². The molecular formula is C27H29BrN4O3. The number of aromatic nitrogens is 4. The van der Waals surface area contributed by atoms with E-state index < -0.39 is 0 Å². The normalized spacial score (nSPS) is 21.3. The number of carbonyl (C=O) groups excluding carboxylic acids is 1. The van der Waals surface area contributed by atoms with Crippen molar-refractivity contribution in [2.75, 3.05) is 6.61 Å². The van der Waals surface area contributed by atoms with Crippen molar-refractivity contribution in [2.24, 2.45) is 5.92 Å². The molecule has 1 aromatic carbocycles. The van der Waals surface area contributed by atoms with Crippen LogP contribution in [0.25, 0.3) is 27.8 Å². The molecule has 0 atom stereocenters. The summed E-state index contributed by atoms with van der Waals surface area (Å²) in [5, 5.41) is 0.594. The Kier molecular flexibility index (Phi) is 5.87. The first-order valence-corrected chi connectivity index (χ1v) is 13.5. The van der Waals surface area contributed by atoms with Gasteiger partial charge in [0.2, 0.25) is 5.78 Å². The third-order valence-electron chi connectivity index (χ3n) is 7.86. The van der Waals surface area contributed by atoms with Crippen LogP contribution in [0.3, 0.4) is 0 Å². The molecule has 6 rings (SSSR count). The largest absolute Gasteiger partial charge is 0.466 e. The molecule has 182 valence electrons. The summed E-state index contributed by atoms with van der Waals surface area (Å²) in [6.45, 7) is 2.29. The van der Waals surface area contributed by atoms with Crippen molar-refractivity contribution in [2.45, 2.75) is 70.3 Å². The van der Waals surface area contributed by atoms with Gasteiger partial charge in [0.25, 0.3) is 5.56 Å². The standard InChI is InChI=1S/C27H29BrN4O3/c1-2-35-26(34)17-12-10-16(11-13-17)20-14-15-22-24(29-20)31(18-6-3-4-7-18)27-30-25(33)23-19(28)8-5-9-21(23)32(22)27/h5,8-9,14-18H,2-4,6-7,10-13H2,1H3. The van der Waals surface area contributed by atoms with Gasteiger partial charge in [0, 0.05) is 22.1 Å². The molecule has 3 heterocycles. The number of fused-ring (bicyclic) bond motifs is 5. The van der Waals surface area contributed by atoms with Gasteiger partial charge >= 0.3 is 5.97 Å². The highest BCUT2D eigenvalue weighted by molar-refractivity contribution is 9.10. The zero-order chi connectivity index (χ0) is 24.1. The van der Waals surface area contributed by atoms with E-state index in [1.165, 1.54) is 12.8 Å². The van der Waals surface area contributed by atoms with E-state index in [1.807, 2.05) is 25.1 Å². The van der Waals surface area contributed by atoms with Crippen LogP contribution < -0.4 is 5.56 Å². The maximum absolute atomic E-state index is 13.1. The number of halogens is 1. The minimum Gasteiger partial charge on any atom is -0.466 e. The second-order valence-corrected chi connectivity index (χ2v) is 10.7. The van der Waals surface area contributed by atoms with E-state index >= 15 is 0 Å². The van der Waals surface area contributed by atoms with Gasteiger partial charge in [0.05, 0.1) is 28.9 Å². The fraction of sp³-hybridized carbons (Fsp3) is 0.481. The second-order valence-electron chi connectivity index (χ2n) is 9.87. The number of nitrogens with zero attached hydrogens (tertiary/aromatic N) is 4. The Bertz CT molecular complexity index is 1490. The molecule has 35 heavy (non-hydrogen) atoms. The average molecular weight is 537 g/mol. The molecule has 0 amide bonds. The first-order chi connectivity index (χ1) is 17.1. The van der Waals surface area contributed by atoms with E-state index in [-0.39, 0.29) is 17.4 Å². The van der Waals surface area contributed by atoms with Crippen LogP contribution in [0, 0.1) is 5.92 Å². The predicted octanol–water partition coefficient (Wildman–Crippen LogP) is 5.91. The number of ether oxygens (including phenoxy) is 1. The lowest BCUT2D eigenvalue weighted by atomic mass is 9.80. The van der Waals surface area contributed by atoms with E-state index in [0.29, 0.717) is 29.7 Å². The average Bonchev–Trinajstić information content (AvgIpc) is 3.49. The summed E-state index contributed by atoms with van der Waals surface area (Å²) < 4.78 is 10.3. The van der Waals surface area contributed by atoms with Gasteiger partial charge in [-0.1, -0.05) is 18.9 Å². The summed E-state index contributed by atoms with van der Waals surface area (Å²) in [4.78, 5) is 35.1. The summed E-state index contributed by atoms with van der Waals surface area (Å²) >= 11 is 3.55. The maximum atomic E-state index is 13.1. The molecule has 0 saturated heterocycles. The maximum Gasteiger partial charge on any atom is 0.308 e. The molecular weight excluding hydrogens is 508 g/mol. The summed E-state index contributed by atoms with van der Waals surface area (Å²) in [6, 6.07) is 10.4. The van der Waals surface area contributed by atoms with E-state index in [9.17, 15) is 9.59 Å². The lowest BCUT2D eigenvalue weighted by molar-refractivity contribution is -0.149. The number of esters is 1. The van der Waals surface area contributed by atoms with Crippen molar-refractivity contribution in [3.8, 4) is 0 Å². The fourth-order valence-corrected chi connectivity index (χ4v) is 6.65. The van der Waals surface area contributed by atoms with Gasteiger partial charge in [-0.05, 0) is 85.6 Å². The zero-order valence-corrected chi connectivity index (χ0v) is 21.5. The summed E-state index contributed by atoms with van der Waals surface area (Å²) in [5.74, 6) is 0.932. The van der Waals surface area contributed by atoms with Crippen molar-refractivity contribution in [3.05, 3.63) is 50.9 Å². The van der Waals surface area contributed by atoms with Crippen LogP contribution in [0.4, 0.5) is 0 Å². The van der Waals surface area contributed by atoms with Gasteiger partial charge in [-0.3, -0.25) is 18.6 Å². The zero-order valence-electron chi connectivity index (χ0n) is 19.9. The highest BCUT2D eigenvalue weighted by atomic mass is 79.9. The van der Waals surface area contributed by atoms with Gasteiger partial charge in [0.15, 0.2) is 5.65 Å². The molecule has 7 nitrogen and oxygen atoms in total. The molecule has 0 unspecified atom stereocenters. The quantitative estimate of drug-likeness (QED) is 0.303. The summed E-state index contributed by atoms with van der Waals surface area (Å²) in [7, 11) is 0. The Balaban J connectivity index is 1.49. The van der Waals surface area contributed by atoms with Crippen molar-refractivity contribution in [1.82, 2.24) is 18.9 Å². The Morgan fingerprint density at radius 3 is 2.54 bits per heavy atom. The van der Waals surface area contributed by atoms with E-state index in [2.05, 4.69) is 42.0 Å². The number of rotatable bonds is 4. The molecule has 0 aliphatic heterocycles. The summed E-state index contributed by atoms with van der Waals surface area (Å²) in [5.41, 5.74) is 3.58. The minimum absolute atomic E-state index is 0.0000822. The van der Waals surface area contributed by atoms with E-state index in [1.54, 1.807) is 0 Å². The molecule has 0 spiro atoms. The number of hydrogen-bond donors (Lipinski definition) is 0. The molecule has 3 aromatic heterocycles. The second kappa shape index (κ2) is 9.04. The van der Waals surface area contributed by atoms with E-state index in [4.69, 9.17) is 9.72 Å². The van der Waals surface area contributed by atoms with Crippen LogP contribution in [0.15, 0.2) is 39.6 Å². The Morgan fingerprint density at radius 2 is 1.80 bits per heavy atom. The Hall–Kier alpha value is -2.74. The third-order valence-corrected chi connectivity index (χ3v) is 8.52. The van der Waals surface area contributed by atoms with Gasteiger partial charge in [-0.2, -0.15) is 4.98 Å². The van der Waals surface area contributed by atoms with Crippen molar-refractivity contribution in [3.63, 3.8) is 0 Å². The highest BCUT2D eigenvalue weighted by Crippen LogP contribution is 2.39. The van der Waals surface area contributed by atoms with Crippen LogP contribution in [-0.2, 0) is 9.53 Å². The van der Waals surface area contributed by atoms with Crippen molar-refractivity contribution in [1.29, 1.82) is 0 Å². The molecule has 0 radical (unpaired) electrons. The van der Waals surface area contributed by atoms with Crippen LogP contribution in [0.5, 0.6) is 0 Å². The fourth-order valence-electron chi connectivity index (χ4n) is 6.13. The van der Waals surface area contributed by atoms with Crippen LogP contribution in [0.2, 0.25) is 0 Å². The lowest BCUT2D eigenvalue weighted by Gasteiger charge is -2.27. The summed E-state index contributed by atoms with van der Waals surface area (Å²) in [6.07, 6.45) is 8.03. The van der Waals surface area contributed by atoms with Crippen LogP contribution in [0.1, 0.15) is 75.9 Å². The topological polar surface area (TPSA) is 78.5 Å². The predicted molar refractivity (Wildman–Crippen MR) is 139 cm³/mol. The first kappa shape index (κ1) is 22.7. The molecule has 2 saturated carbocycles. The molecule has 2 aliphatic rings. The first-order valence-electron chi connectivity index (χ1n) is 12.7. The van der Waals surface area contributed by atoms with Gasteiger partial charge in [-0.25, -0.2) is 4.98 Å². The SMILES string of the molecule is CCOC(=O)C1CCC(c2ccc3c(n2)n(C2CCCC2)c2nc(=O)c4c(Br)cccc4n32)CC1. The lowest BCUT2D eigenvalue weighted by Crippen LogP contribution is -2.23. The molecule has 0 bridgehead atoms. The third kappa shape index (κ3) is 3.77. The van der Waals surface area contributed by atoms with Crippen LogP contribution >= 0.6 is 15.9 Å². The number of hydrogen-bond acceptors (Lipinski definition) is 5. The van der Waals surface area contributed by atoms with Crippen LogP contribution in [-0.4, -0.2) is 31.5 Å². The Labute approximate surface area is 211 Å². The number of benzene rings is 1. The monoisotopic (exact) mass is 536 g/mol. The smallest absolute Gasteiger partial charge is 0.308 e. The minimum atomic E-state index is -0.216. The van der Waals surface area contributed by atoms with E-state index in [0.717, 1.165) is 65.4 Å². The van der Waals surface area contributed by atoms with Gasteiger partial charge < -0.3 is 4.74 Å².